The van der Waals surface area contributed by atoms with Gasteiger partial charge in [0.15, 0.2) is 6.10 Å². The van der Waals surface area contributed by atoms with Gasteiger partial charge in [-0.15, -0.1) is 0 Å². The normalized spacial score (nSPS) is 15.9. The summed E-state index contributed by atoms with van der Waals surface area (Å²) in [5.74, 6) is 0. The van der Waals surface area contributed by atoms with E-state index >= 15 is 0 Å². The minimum atomic E-state index is -0.206. The largest absolute Gasteiger partial charge is 0.390 e. The van der Waals surface area contributed by atoms with Gasteiger partial charge in [-0.2, -0.15) is 0 Å². The number of rotatable bonds is 6. The van der Waals surface area contributed by atoms with E-state index in [0.29, 0.717) is 29.6 Å². The van der Waals surface area contributed by atoms with E-state index in [9.17, 15) is 4.79 Å². The lowest BCUT2D eigenvalue weighted by Gasteiger charge is -2.26. The van der Waals surface area contributed by atoms with Crippen molar-refractivity contribution in [3.8, 4) is 0 Å². The third kappa shape index (κ3) is 5.63. The molecule has 3 rings (SSSR count). The first-order valence-electron chi connectivity index (χ1n) is 9.19. The standard InChI is InChI=1S/C21H23Cl2N3O2/c1-14(2)24-21(27)26(12-15-4-3-5-18(23)10-15)13-19-11-20(25-28-19)16-6-8-17(22)9-7-16/h3-10,14,19H,11-13H2,1-2H3,(H,24,27)/t19-/m1/s1. The van der Waals surface area contributed by atoms with Crippen LogP contribution in [0.25, 0.3) is 0 Å². The molecule has 0 saturated carbocycles. The van der Waals surface area contributed by atoms with Crippen molar-refractivity contribution in [1.29, 1.82) is 0 Å². The summed E-state index contributed by atoms with van der Waals surface area (Å²) in [5.41, 5.74) is 2.79. The number of hydrogen-bond acceptors (Lipinski definition) is 3. The summed E-state index contributed by atoms with van der Waals surface area (Å²) in [6, 6.07) is 14.9. The molecule has 1 aliphatic heterocycles. The van der Waals surface area contributed by atoms with Crippen LogP contribution in [0.15, 0.2) is 53.7 Å². The summed E-state index contributed by atoms with van der Waals surface area (Å²) in [6.45, 7) is 4.73. The number of amides is 2. The van der Waals surface area contributed by atoms with E-state index in [2.05, 4.69) is 10.5 Å². The Balaban J connectivity index is 1.67. The Labute approximate surface area is 175 Å². The number of hydrogen-bond donors (Lipinski definition) is 1. The van der Waals surface area contributed by atoms with E-state index in [1.807, 2.05) is 62.4 Å². The van der Waals surface area contributed by atoms with Crippen molar-refractivity contribution in [1.82, 2.24) is 10.2 Å². The lowest BCUT2D eigenvalue weighted by molar-refractivity contribution is 0.0586. The number of nitrogens with one attached hydrogen (secondary N) is 1. The zero-order chi connectivity index (χ0) is 20.1. The van der Waals surface area contributed by atoms with Crippen molar-refractivity contribution in [3.05, 3.63) is 69.7 Å². The molecule has 1 N–H and O–H groups in total. The molecule has 0 bridgehead atoms. The molecule has 0 unspecified atom stereocenters. The van der Waals surface area contributed by atoms with E-state index in [-0.39, 0.29) is 18.2 Å². The summed E-state index contributed by atoms with van der Waals surface area (Å²) in [5, 5.41) is 8.48. The molecule has 148 valence electrons. The van der Waals surface area contributed by atoms with E-state index in [1.165, 1.54) is 0 Å². The van der Waals surface area contributed by atoms with Gasteiger partial charge < -0.3 is 15.1 Å². The second-order valence-electron chi connectivity index (χ2n) is 7.09. The van der Waals surface area contributed by atoms with Gasteiger partial charge >= 0.3 is 6.03 Å². The van der Waals surface area contributed by atoms with Gasteiger partial charge in [-0.25, -0.2) is 4.79 Å². The van der Waals surface area contributed by atoms with Gasteiger partial charge in [0.1, 0.15) is 0 Å². The van der Waals surface area contributed by atoms with Crippen LogP contribution in [-0.2, 0) is 11.4 Å². The maximum absolute atomic E-state index is 12.7. The number of nitrogens with zero attached hydrogens (tertiary/aromatic N) is 2. The fourth-order valence-electron chi connectivity index (χ4n) is 3.00. The molecule has 1 heterocycles. The predicted molar refractivity (Wildman–Crippen MR) is 113 cm³/mol. The van der Waals surface area contributed by atoms with Crippen molar-refractivity contribution in [2.75, 3.05) is 6.54 Å². The van der Waals surface area contributed by atoms with Crippen molar-refractivity contribution < 1.29 is 9.63 Å². The van der Waals surface area contributed by atoms with Gasteiger partial charge in [0.25, 0.3) is 0 Å². The molecule has 2 amide bonds. The number of carbonyl (C=O) groups excluding carboxylic acids is 1. The first kappa shape index (κ1) is 20.5. The van der Waals surface area contributed by atoms with Gasteiger partial charge in [-0.05, 0) is 49.2 Å². The van der Waals surface area contributed by atoms with E-state index in [4.69, 9.17) is 28.0 Å². The molecule has 5 nitrogen and oxygen atoms in total. The minimum Gasteiger partial charge on any atom is -0.390 e. The summed E-state index contributed by atoms with van der Waals surface area (Å²) in [7, 11) is 0. The Morgan fingerprint density at radius 1 is 1.21 bits per heavy atom. The Morgan fingerprint density at radius 2 is 1.96 bits per heavy atom. The third-order valence-electron chi connectivity index (χ3n) is 4.30. The molecule has 0 fully saturated rings. The summed E-state index contributed by atoms with van der Waals surface area (Å²) < 4.78 is 0. The Morgan fingerprint density at radius 3 is 2.64 bits per heavy atom. The van der Waals surface area contributed by atoms with Gasteiger partial charge in [0.2, 0.25) is 0 Å². The zero-order valence-electron chi connectivity index (χ0n) is 15.9. The summed E-state index contributed by atoms with van der Waals surface area (Å²) >= 11 is 12.0. The third-order valence-corrected chi connectivity index (χ3v) is 4.78. The molecule has 28 heavy (non-hydrogen) atoms. The molecule has 0 aromatic heterocycles. The SMILES string of the molecule is CC(C)NC(=O)N(Cc1cccc(Cl)c1)C[C@H]1CC(c2ccc(Cl)cc2)=NO1. The highest BCUT2D eigenvalue weighted by Gasteiger charge is 2.27. The molecular formula is C21H23Cl2N3O2. The molecule has 1 aliphatic rings. The number of oxime groups is 1. The fourth-order valence-corrected chi connectivity index (χ4v) is 3.34. The van der Waals surface area contributed by atoms with Crippen molar-refractivity contribution >= 4 is 34.9 Å². The van der Waals surface area contributed by atoms with Crippen LogP contribution >= 0.6 is 23.2 Å². The van der Waals surface area contributed by atoms with Crippen LogP contribution in [0.4, 0.5) is 4.79 Å². The van der Waals surface area contributed by atoms with Crippen molar-refractivity contribution in [2.24, 2.45) is 5.16 Å². The molecule has 0 saturated heterocycles. The topological polar surface area (TPSA) is 53.9 Å². The maximum atomic E-state index is 12.7. The van der Waals surface area contributed by atoms with Gasteiger partial charge in [0.05, 0.1) is 12.3 Å². The smallest absolute Gasteiger partial charge is 0.318 e. The Kier molecular flexibility index (Phi) is 6.81. The number of urea groups is 1. The van der Waals surface area contributed by atoms with Gasteiger partial charge in [-0.3, -0.25) is 0 Å². The predicted octanol–water partition coefficient (Wildman–Crippen LogP) is 5.11. The zero-order valence-corrected chi connectivity index (χ0v) is 17.4. The molecule has 0 spiro atoms. The molecule has 1 atom stereocenters. The molecular weight excluding hydrogens is 397 g/mol. The molecule has 0 radical (unpaired) electrons. The minimum absolute atomic E-state index is 0.0414. The quantitative estimate of drug-likeness (QED) is 0.707. The highest BCUT2D eigenvalue weighted by Crippen LogP contribution is 2.21. The van der Waals surface area contributed by atoms with E-state index in [0.717, 1.165) is 16.8 Å². The van der Waals surface area contributed by atoms with Crippen LogP contribution in [0.2, 0.25) is 10.0 Å². The second-order valence-corrected chi connectivity index (χ2v) is 7.96. The van der Waals surface area contributed by atoms with Crippen LogP contribution in [-0.4, -0.2) is 35.3 Å². The van der Waals surface area contributed by atoms with E-state index < -0.39 is 0 Å². The lowest BCUT2D eigenvalue weighted by atomic mass is 10.0. The molecule has 2 aromatic rings. The number of halogens is 2. The average Bonchev–Trinajstić information content (AvgIpc) is 3.10. The average molecular weight is 420 g/mol. The summed E-state index contributed by atoms with van der Waals surface area (Å²) in [4.78, 5) is 20.0. The highest BCUT2D eigenvalue weighted by molar-refractivity contribution is 6.31. The van der Waals surface area contributed by atoms with E-state index in [1.54, 1.807) is 4.90 Å². The van der Waals surface area contributed by atoms with Gasteiger partial charge in [0, 0.05) is 29.1 Å². The fraction of sp³-hybridized carbons (Fsp3) is 0.333. The summed E-state index contributed by atoms with van der Waals surface area (Å²) in [6.07, 6.45) is 0.422. The molecule has 2 aromatic carbocycles. The van der Waals surface area contributed by atoms with Crippen LogP contribution in [0, 0.1) is 0 Å². The molecule has 0 aliphatic carbocycles. The molecule has 7 heteroatoms. The van der Waals surface area contributed by atoms with Crippen molar-refractivity contribution in [3.63, 3.8) is 0 Å². The van der Waals surface area contributed by atoms with Gasteiger partial charge in [-0.1, -0.05) is 52.6 Å². The lowest BCUT2D eigenvalue weighted by Crippen LogP contribution is -2.45. The Bertz CT molecular complexity index is 853. The maximum Gasteiger partial charge on any atom is 0.318 e. The number of benzene rings is 2. The first-order valence-corrected chi connectivity index (χ1v) is 9.95. The monoisotopic (exact) mass is 419 g/mol. The first-order chi connectivity index (χ1) is 13.4. The Hall–Kier alpha value is -2.24. The van der Waals surface area contributed by atoms with Crippen LogP contribution in [0.1, 0.15) is 31.4 Å². The highest BCUT2D eigenvalue weighted by atomic mass is 35.5. The van der Waals surface area contributed by atoms with Crippen molar-refractivity contribution in [2.45, 2.75) is 39.0 Å². The van der Waals surface area contributed by atoms with Crippen LogP contribution in [0.3, 0.4) is 0 Å². The second kappa shape index (κ2) is 9.30. The van der Waals surface area contributed by atoms with Crippen LogP contribution < -0.4 is 5.32 Å². The number of carbonyl (C=O) groups is 1. The van der Waals surface area contributed by atoms with Crippen LogP contribution in [0.5, 0.6) is 0 Å².